The number of anilines is 1. The summed E-state index contributed by atoms with van der Waals surface area (Å²) in [6.07, 6.45) is 0. The Kier molecular flexibility index (Phi) is 3.66. The van der Waals surface area contributed by atoms with E-state index in [1.165, 1.54) is 18.2 Å². The number of rotatable bonds is 3. The standard InChI is InChI=1S/C12H16N4O3/c1-8-12(17)14-4-5-15(8)7-9-6-10(16(18)19)2-3-11(9)13/h2-3,6,8H,4-5,7,13H2,1H3,(H,14,17). The number of nitro groups is 1. The first-order chi connectivity index (χ1) is 8.99. The molecule has 1 fully saturated rings. The number of non-ortho nitro benzene ring substituents is 1. The molecule has 1 aliphatic rings. The molecule has 102 valence electrons. The predicted molar refractivity (Wildman–Crippen MR) is 70.4 cm³/mol. The van der Waals surface area contributed by atoms with Gasteiger partial charge in [0, 0.05) is 37.5 Å². The summed E-state index contributed by atoms with van der Waals surface area (Å²) in [5.74, 6) is -0.0322. The Bertz CT molecular complexity index is 518. The van der Waals surface area contributed by atoms with Crippen molar-refractivity contribution < 1.29 is 9.72 Å². The minimum atomic E-state index is -0.449. The normalized spacial score (nSPS) is 20.1. The molecule has 0 radical (unpaired) electrons. The first kappa shape index (κ1) is 13.3. The Balaban J connectivity index is 2.20. The van der Waals surface area contributed by atoms with Gasteiger partial charge in [-0.05, 0) is 18.6 Å². The Morgan fingerprint density at radius 1 is 1.58 bits per heavy atom. The largest absolute Gasteiger partial charge is 0.398 e. The summed E-state index contributed by atoms with van der Waals surface area (Å²) in [6.45, 7) is 3.52. The lowest BCUT2D eigenvalue weighted by molar-refractivity contribution is -0.384. The molecule has 0 saturated carbocycles. The maximum atomic E-state index is 11.6. The zero-order chi connectivity index (χ0) is 14.0. The molecule has 0 bridgehead atoms. The summed E-state index contributed by atoms with van der Waals surface area (Å²) >= 11 is 0. The minimum absolute atomic E-state index is 0.0123. The highest BCUT2D eigenvalue weighted by Gasteiger charge is 2.26. The van der Waals surface area contributed by atoms with Crippen LogP contribution in [0.2, 0.25) is 0 Å². The Labute approximate surface area is 110 Å². The molecule has 0 aliphatic carbocycles. The molecule has 3 N–H and O–H groups in total. The van der Waals surface area contributed by atoms with Crippen molar-refractivity contribution in [2.24, 2.45) is 0 Å². The monoisotopic (exact) mass is 264 g/mol. The zero-order valence-corrected chi connectivity index (χ0v) is 10.6. The molecule has 1 atom stereocenters. The number of carbonyl (C=O) groups excluding carboxylic acids is 1. The molecule has 1 aromatic rings. The number of nitrogen functional groups attached to an aromatic ring is 1. The second-order valence-corrected chi connectivity index (χ2v) is 4.58. The first-order valence-corrected chi connectivity index (χ1v) is 6.03. The third-order valence-electron chi connectivity index (χ3n) is 3.34. The van der Waals surface area contributed by atoms with Crippen molar-refractivity contribution in [3.8, 4) is 0 Å². The molecule has 2 rings (SSSR count). The number of amides is 1. The van der Waals surface area contributed by atoms with Crippen molar-refractivity contribution >= 4 is 17.3 Å². The molecule has 19 heavy (non-hydrogen) atoms. The highest BCUT2D eigenvalue weighted by atomic mass is 16.6. The Hall–Kier alpha value is -2.15. The zero-order valence-electron chi connectivity index (χ0n) is 10.6. The van der Waals surface area contributed by atoms with Gasteiger partial charge in [-0.15, -0.1) is 0 Å². The molecule has 7 nitrogen and oxygen atoms in total. The van der Waals surface area contributed by atoms with Crippen molar-refractivity contribution in [1.82, 2.24) is 10.2 Å². The van der Waals surface area contributed by atoms with Crippen LogP contribution in [0.25, 0.3) is 0 Å². The topological polar surface area (TPSA) is 102 Å². The van der Waals surface area contributed by atoms with E-state index in [0.717, 1.165) is 0 Å². The van der Waals surface area contributed by atoms with E-state index >= 15 is 0 Å². The van der Waals surface area contributed by atoms with Gasteiger partial charge in [-0.25, -0.2) is 0 Å². The van der Waals surface area contributed by atoms with E-state index in [4.69, 9.17) is 5.73 Å². The van der Waals surface area contributed by atoms with Gasteiger partial charge in [-0.1, -0.05) is 0 Å². The summed E-state index contributed by atoms with van der Waals surface area (Å²) < 4.78 is 0. The summed E-state index contributed by atoms with van der Waals surface area (Å²) in [5.41, 5.74) is 7.03. The molecule has 1 aromatic carbocycles. The number of benzene rings is 1. The van der Waals surface area contributed by atoms with Crippen LogP contribution in [0.5, 0.6) is 0 Å². The fourth-order valence-electron chi connectivity index (χ4n) is 2.11. The Morgan fingerprint density at radius 3 is 3.00 bits per heavy atom. The number of nitrogens with zero attached hydrogens (tertiary/aromatic N) is 2. The molecule has 1 heterocycles. The van der Waals surface area contributed by atoms with Gasteiger partial charge in [0.25, 0.3) is 5.69 Å². The lowest BCUT2D eigenvalue weighted by Crippen LogP contribution is -2.53. The molecule has 1 amide bonds. The maximum absolute atomic E-state index is 11.6. The van der Waals surface area contributed by atoms with E-state index in [1.807, 2.05) is 11.8 Å². The number of nitrogens with one attached hydrogen (secondary N) is 1. The number of piperazine rings is 1. The van der Waals surface area contributed by atoms with E-state index in [0.29, 0.717) is 30.9 Å². The number of hydrogen-bond acceptors (Lipinski definition) is 5. The number of hydrogen-bond donors (Lipinski definition) is 2. The summed E-state index contributed by atoms with van der Waals surface area (Å²) in [4.78, 5) is 23.8. The molecular formula is C12H16N4O3. The number of nitro benzene ring substituents is 1. The van der Waals surface area contributed by atoms with Crippen molar-refractivity contribution in [3.63, 3.8) is 0 Å². The van der Waals surface area contributed by atoms with Gasteiger partial charge in [-0.3, -0.25) is 19.8 Å². The number of carbonyl (C=O) groups is 1. The lowest BCUT2D eigenvalue weighted by atomic mass is 10.1. The van der Waals surface area contributed by atoms with E-state index in [-0.39, 0.29) is 17.6 Å². The average Bonchev–Trinajstić information content (AvgIpc) is 2.37. The van der Waals surface area contributed by atoms with Gasteiger partial charge in [0.15, 0.2) is 0 Å². The second-order valence-electron chi connectivity index (χ2n) is 4.58. The van der Waals surface area contributed by atoms with Crippen LogP contribution in [-0.2, 0) is 11.3 Å². The molecule has 1 saturated heterocycles. The molecule has 0 spiro atoms. The average molecular weight is 264 g/mol. The van der Waals surface area contributed by atoms with Crippen LogP contribution in [0.15, 0.2) is 18.2 Å². The molecular weight excluding hydrogens is 248 g/mol. The van der Waals surface area contributed by atoms with Crippen LogP contribution < -0.4 is 11.1 Å². The second kappa shape index (κ2) is 5.23. The third-order valence-corrected chi connectivity index (χ3v) is 3.34. The highest BCUT2D eigenvalue weighted by molar-refractivity contribution is 5.82. The van der Waals surface area contributed by atoms with Crippen LogP contribution in [0, 0.1) is 10.1 Å². The fourth-order valence-corrected chi connectivity index (χ4v) is 2.11. The van der Waals surface area contributed by atoms with Crippen LogP contribution in [0.3, 0.4) is 0 Å². The maximum Gasteiger partial charge on any atom is 0.269 e. The summed E-state index contributed by atoms with van der Waals surface area (Å²) in [5, 5.41) is 13.5. The fraction of sp³-hybridized carbons (Fsp3) is 0.417. The van der Waals surface area contributed by atoms with Gasteiger partial charge < -0.3 is 11.1 Å². The van der Waals surface area contributed by atoms with E-state index in [9.17, 15) is 14.9 Å². The van der Waals surface area contributed by atoms with Crippen molar-refractivity contribution in [2.75, 3.05) is 18.8 Å². The smallest absolute Gasteiger partial charge is 0.269 e. The molecule has 7 heteroatoms. The molecule has 1 aliphatic heterocycles. The van der Waals surface area contributed by atoms with E-state index < -0.39 is 4.92 Å². The van der Waals surface area contributed by atoms with Crippen molar-refractivity contribution in [2.45, 2.75) is 19.5 Å². The predicted octanol–water partition coefficient (Wildman–Crippen LogP) is 0.497. The first-order valence-electron chi connectivity index (χ1n) is 6.03. The van der Waals surface area contributed by atoms with Crippen molar-refractivity contribution in [1.29, 1.82) is 0 Å². The van der Waals surface area contributed by atoms with Crippen molar-refractivity contribution in [3.05, 3.63) is 33.9 Å². The quantitative estimate of drug-likeness (QED) is 0.470. The van der Waals surface area contributed by atoms with Gasteiger partial charge in [0.05, 0.1) is 11.0 Å². The van der Waals surface area contributed by atoms with Gasteiger partial charge >= 0.3 is 0 Å². The van der Waals surface area contributed by atoms with Crippen LogP contribution in [0.4, 0.5) is 11.4 Å². The summed E-state index contributed by atoms with van der Waals surface area (Å²) in [7, 11) is 0. The SMILES string of the molecule is CC1C(=O)NCCN1Cc1cc([N+](=O)[O-])ccc1N. The molecule has 1 unspecified atom stereocenters. The van der Waals surface area contributed by atoms with Gasteiger partial charge in [0.1, 0.15) is 0 Å². The summed E-state index contributed by atoms with van der Waals surface area (Å²) in [6, 6.07) is 4.12. The third kappa shape index (κ3) is 2.82. The minimum Gasteiger partial charge on any atom is -0.398 e. The van der Waals surface area contributed by atoms with Crippen LogP contribution in [0.1, 0.15) is 12.5 Å². The highest BCUT2D eigenvalue weighted by Crippen LogP contribution is 2.22. The lowest BCUT2D eigenvalue weighted by Gasteiger charge is -2.32. The Morgan fingerprint density at radius 2 is 2.32 bits per heavy atom. The van der Waals surface area contributed by atoms with E-state index in [2.05, 4.69) is 5.32 Å². The van der Waals surface area contributed by atoms with E-state index in [1.54, 1.807) is 0 Å². The van der Waals surface area contributed by atoms with Gasteiger partial charge in [-0.2, -0.15) is 0 Å². The molecule has 0 aromatic heterocycles. The van der Waals surface area contributed by atoms with Crippen LogP contribution >= 0.6 is 0 Å². The van der Waals surface area contributed by atoms with Gasteiger partial charge in [0.2, 0.25) is 5.91 Å². The van der Waals surface area contributed by atoms with Crippen LogP contribution in [-0.4, -0.2) is 34.9 Å². The number of nitrogens with two attached hydrogens (primary N) is 1.